The van der Waals surface area contributed by atoms with Crippen molar-refractivity contribution in [2.24, 2.45) is 0 Å². The van der Waals surface area contributed by atoms with Crippen molar-refractivity contribution in [1.29, 1.82) is 0 Å². The van der Waals surface area contributed by atoms with Gasteiger partial charge in [0.05, 0.1) is 0 Å². The van der Waals surface area contributed by atoms with Crippen LogP contribution in [-0.2, 0) is 4.79 Å². The monoisotopic (exact) mass is 279 g/mol. The van der Waals surface area contributed by atoms with Crippen LogP contribution in [0.3, 0.4) is 0 Å². The van der Waals surface area contributed by atoms with Gasteiger partial charge in [0.25, 0.3) is 0 Å². The summed E-state index contributed by atoms with van der Waals surface area (Å²) < 4.78 is 0. The van der Waals surface area contributed by atoms with Crippen molar-refractivity contribution in [3.63, 3.8) is 0 Å². The summed E-state index contributed by atoms with van der Waals surface area (Å²) in [5.74, 6) is -1.20. The third-order valence-electron chi connectivity index (χ3n) is 2.67. The molecule has 4 amide bonds. The number of aliphatic carboxylic acids is 1. The van der Waals surface area contributed by atoms with E-state index in [0.717, 1.165) is 4.90 Å². The van der Waals surface area contributed by atoms with E-state index in [-0.39, 0.29) is 6.54 Å². The minimum absolute atomic E-state index is 0.132. The molecule has 0 saturated carbocycles. The first kappa shape index (κ1) is 15.5. The van der Waals surface area contributed by atoms with Gasteiger partial charge in [0.2, 0.25) is 0 Å². The molecule has 0 heterocycles. The molecule has 7 nitrogen and oxygen atoms in total. The molecule has 1 unspecified atom stereocenters. The predicted molar refractivity (Wildman–Crippen MR) is 72.2 cm³/mol. The average Bonchev–Trinajstić information content (AvgIpc) is 2.45. The first-order valence-corrected chi connectivity index (χ1v) is 6.08. The number of carbonyl (C=O) groups is 3. The van der Waals surface area contributed by atoms with Gasteiger partial charge in [0.1, 0.15) is 0 Å². The van der Waals surface area contributed by atoms with E-state index in [2.05, 4.69) is 10.6 Å². The first-order valence-electron chi connectivity index (χ1n) is 6.08. The van der Waals surface area contributed by atoms with Crippen molar-refractivity contribution in [1.82, 2.24) is 15.5 Å². The van der Waals surface area contributed by atoms with Gasteiger partial charge in [-0.15, -0.1) is 0 Å². The van der Waals surface area contributed by atoms with Gasteiger partial charge in [0, 0.05) is 13.6 Å². The molecular weight excluding hydrogens is 262 g/mol. The lowest BCUT2D eigenvalue weighted by Crippen LogP contribution is -2.49. The fraction of sp³-hybridized carbons (Fsp3) is 0.308. The number of rotatable bonds is 4. The molecule has 108 valence electrons. The van der Waals surface area contributed by atoms with Gasteiger partial charge in [-0.3, -0.25) is 0 Å². The van der Waals surface area contributed by atoms with Gasteiger partial charge in [-0.25, -0.2) is 19.3 Å². The molecule has 20 heavy (non-hydrogen) atoms. The summed E-state index contributed by atoms with van der Waals surface area (Å²) in [6, 6.07) is 5.71. The van der Waals surface area contributed by atoms with Crippen LogP contribution in [0.2, 0.25) is 0 Å². The number of amides is 4. The Kier molecular flexibility index (Phi) is 5.52. The lowest BCUT2D eigenvalue weighted by atomic mass is 10.1. The molecule has 1 aromatic rings. The van der Waals surface area contributed by atoms with E-state index in [4.69, 9.17) is 0 Å². The van der Waals surface area contributed by atoms with Crippen LogP contribution in [0.5, 0.6) is 0 Å². The van der Waals surface area contributed by atoms with E-state index >= 15 is 0 Å². The lowest BCUT2D eigenvalue weighted by molar-refractivity contribution is -0.139. The van der Waals surface area contributed by atoms with Crippen LogP contribution in [0.15, 0.2) is 30.3 Å². The molecule has 0 aliphatic carbocycles. The summed E-state index contributed by atoms with van der Waals surface area (Å²) in [6.45, 7) is 1.75. The zero-order chi connectivity index (χ0) is 15.1. The van der Waals surface area contributed by atoms with E-state index in [1.807, 2.05) is 0 Å². The second-order valence-electron chi connectivity index (χ2n) is 3.93. The molecule has 0 saturated heterocycles. The number of hydrogen-bond donors (Lipinski definition) is 3. The van der Waals surface area contributed by atoms with Crippen molar-refractivity contribution >= 4 is 18.0 Å². The number of nitrogens with zero attached hydrogens (tertiary/aromatic N) is 1. The third-order valence-corrected chi connectivity index (χ3v) is 2.67. The average molecular weight is 279 g/mol. The maximum absolute atomic E-state index is 12.0. The Morgan fingerprint density at radius 1 is 1.20 bits per heavy atom. The maximum Gasteiger partial charge on any atom is 0.330 e. The van der Waals surface area contributed by atoms with E-state index < -0.39 is 24.1 Å². The third kappa shape index (κ3) is 3.71. The number of carbonyl (C=O) groups excluding carboxylic acids is 2. The Morgan fingerprint density at radius 3 is 2.25 bits per heavy atom. The lowest BCUT2D eigenvalue weighted by Gasteiger charge is -2.22. The fourth-order valence-electron chi connectivity index (χ4n) is 1.65. The van der Waals surface area contributed by atoms with Crippen molar-refractivity contribution in [2.45, 2.75) is 13.0 Å². The molecule has 7 heteroatoms. The Hall–Kier alpha value is -2.57. The molecule has 3 N–H and O–H groups in total. The van der Waals surface area contributed by atoms with Crippen molar-refractivity contribution in [3.8, 4) is 0 Å². The van der Waals surface area contributed by atoms with E-state index in [0.29, 0.717) is 5.56 Å². The molecule has 0 aliphatic heterocycles. The van der Waals surface area contributed by atoms with Gasteiger partial charge in [-0.1, -0.05) is 30.3 Å². The molecule has 1 atom stereocenters. The Balaban J connectivity index is 2.89. The molecule has 1 rings (SSSR count). The quantitative estimate of drug-likeness (QED) is 0.770. The van der Waals surface area contributed by atoms with Crippen LogP contribution in [-0.4, -0.2) is 41.6 Å². The smallest absolute Gasteiger partial charge is 0.330 e. The van der Waals surface area contributed by atoms with Crippen molar-refractivity contribution < 1.29 is 19.5 Å². The van der Waals surface area contributed by atoms with Crippen LogP contribution in [0.4, 0.5) is 9.59 Å². The van der Waals surface area contributed by atoms with Crippen LogP contribution in [0.1, 0.15) is 18.5 Å². The van der Waals surface area contributed by atoms with E-state index in [1.54, 1.807) is 37.3 Å². The van der Waals surface area contributed by atoms with Crippen LogP contribution < -0.4 is 10.6 Å². The summed E-state index contributed by atoms with van der Waals surface area (Å²) in [5, 5.41) is 13.8. The summed E-state index contributed by atoms with van der Waals surface area (Å²) >= 11 is 0. The minimum Gasteiger partial charge on any atom is -0.479 e. The standard InChI is InChI=1S/C13H17N3O4/c1-3-16(12(19)14-2)13(20)15-10(11(17)18)9-7-5-4-6-8-9/h4-8,10H,3H2,1-2H3,(H,14,19)(H,15,20)(H,17,18). The first-order chi connectivity index (χ1) is 9.51. The number of carboxylic acids is 1. The molecular formula is C13H17N3O4. The van der Waals surface area contributed by atoms with Gasteiger partial charge in [-0.2, -0.15) is 0 Å². The van der Waals surface area contributed by atoms with Crippen LogP contribution >= 0.6 is 0 Å². The van der Waals surface area contributed by atoms with Crippen LogP contribution in [0.25, 0.3) is 0 Å². The van der Waals surface area contributed by atoms with Crippen LogP contribution in [0, 0.1) is 0 Å². The zero-order valence-corrected chi connectivity index (χ0v) is 11.3. The molecule has 0 aromatic heterocycles. The van der Waals surface area contributed by atoms with E-state index in [1.165, 1.54) is 7.05 Å². The normalized spacial score (nSPS) is 11.3. The zero-order valence-electron chi connectivity index (χ0n) is 11.3. The topological polar surface area (TPSA) is 98.7 Å². The summed E-state index contributed by atoms with van der Waals surface area (Å²) in [4.78, 5) is 35.6. The highest BCUT2D eigenvalue weighted by Gasteiger charge is 2.26. The number of urea groups is 2. The summed E-state index contributed by atoms with van der Waals surface area (Å²) in [7, 11) is 1.39. The number of carboxylic acid groups (broad SMARTS) is 1. The fourth-order valence-corrected chi connectivity index (χ4v) is 1.65. The molecule has 0 bridgehead atoms. The Morgan fingerprint density at radius 2 is 1.80 bits per heavy atom. The highest BCUT2D eigenvalue weighted by atomic mass is 16.4. The van der Waals surface area contributed by atoms with Gasteiger partial charge in [0.15, 0.2) is 6.04 Å². The number of hydrogen-bond acceptors (Lipinski definition) is 3. The number of imide groups is 1. The van der Waals surface area contributed by atoms with Crippen molar-refractivity contribution in [2.75, 3.05) is 13.6 Å². The molecule has 0 aliphatic rings. The number of benzene rings is 1. The molecule has 1 aromatic carbocycles. The van der Waals surface area contributed by atoms with Gasteiger partial charge >= 0.3 is 18.0 Å². The van der Waals surface area contributed by atoms with Crippen molar-refractivity contribution in [3.05, 3.63) is 35.9 Å². The van der Waals surface area contributed by atoms with Gasteiger partial charge in [-0.05, 0) is 12.5 Å². The summed E-state index contributed by atoms with van der Waals surface area (Å²) in [5.41, 5.74) is 0.432. The maximum atomic E-state index is 12.0. The Labute approximate surface area is 116 Å². The SMILES string of the molecule is CCN(C(=O)NC)C(=O)NC(C(=O)O)c1ccccc1. The molecule has 0 radical (unpaired) electrons. The predicted octanol–water partition coefficient (Wildman–Crippen LogP) is 1.18. The van der Waals surface area contributed by atoms with Gasteiger partial charge < -0.3 is 15.7 Å². The second kappa shape index (κ2) is 7.13. The molecule has 0 fully saturated rings. The highest BCUT2D eigenvalue weighted by Crippen LogP contribution is 2.13. The minimum atomic E-state index is -1.21. The number of nitrogens with one attached hydrogen (secondary N) is 2. The largest absolute Gasteiger partial charge is 0.479 e. The summed E-state index contributed by atoms with van der Waals surface area (Å²) in [6.07, 6.45) is 0. The highest BCUT2D eigenvalue weighted by molar-refractivity contribution is 5.95. The van der Waals surface area contributed by atoms with E-state index in [9.17, 15) is 19.5 Å². The Bertz CT molecular complexity index is 490. The molecule has 0 spiro atoms. The second-order valence-corrected chi connectivity index (χ2v) is 3.93.